The second-order valence-electron chi connectivity index (χ2n) is 9.00. The highest BCUT2D eigenvalue weighted by Crippen LogP contribution is 2.37. The summed E-state index contributed by atoms with van der Waals surface area (Å²) in [5, 5.41) is 15.6. The molecule has 37 heavy (non-hydrogen) atoms. The van der Waals surface area contributed by atoms with E-state index in [1.807, 2.05) is 30.3 Å². The van der Waals surface area contributed by atoms with E-state index in [2.05, 4.69) is 65.6 Å². The van der Waals surface area contributed by atoms with Crippen molar-refractivity contribution < 1.29 is 24.5 Å². The number of benzene rings is 3. The number of para-hydroxylation sites is 1. The standard InChI is InChI=1S/C27H31NO.C4H4O4/c1-4-11-23(12-5-1)27(24-13-6-2-7-14-24)25-17-20-28(21-18-25)19-10-22-29-26-15-8-3-9-16-26;5-3(6)1-2-4(7)8/h1-9,11-16,25,27H,10,17-22H2;1-2H,(H,5,6)(H,7,8)/b;2-1+. The third-order valence-corrected chi connectivity index (χ3v) is 6.42. The third kappa shape index (κ3) is 9.94. The molecule has 1 saturated heterocycles. The van der Waals surface area contributed by atoms with E-state index in [0.717, 1.165) is 25.3 Å². The number of rotatable bonds is 10. The molecule has 1 aliphatic rings. The van der Waals surface area contributed by atoms with Crippen LogP contribution in [0.15, 0.2) is 103 Å². The molecule has 194 valence electrons. The number of aliphatic carboxylic acids is 2. The van der Waals surface area contributed by atoms with Crippen LogP contribution in [0.1, 0.15) is 36.3 Å². The van der Waals surface area contributed by atoms with E-state index in [1.165, 1.54) is 37.1 Å². The van der Waals surface area contributed by atoms with Crippen molar-refractivity contribution in [2.75, 3.05) is 26.2 Å². The zero-order chi connectivity index (χ0) is 26.3. The number of ether oxygens (including phenoxy) is 1. The van der Waals surface area contributed by atoms with Crippen molar-refractivity contribution in [3.8, 4) is 5.75 Å². The Kier molecular flexibility index (Phi) is 11.4. The molecule has 1 aliphatic heterocycles. The first-order valence-corrected chi connectivity index (χ1v) is 12.7. The van der Waals surface area contributed by atoms with E-state index in [0.29, 0.717) is 24.0 Å². The Balaban J connectivity index is 0.000000414. The van der Waals surface area contributed by atoms with Gasteiger partial charge in [-0.05, 0) is 61.5 Å². The Morgan fingerprint density at radius 3 is 1.70 bits per heavy atom. The molecule has 3 aromatic carbocycles. The quantitative estimate of drug-likeness (QED) is 0.273. The molecule has 0 unspecified atom stereocenters. The first kappa shape index (κ1) is 27.7. The minimum absolute atomic E-state index is 0.501. The fraction of sp³-hybridized carbons (Fsp3) is 0.290. The Hall–Kier alpha value is -3.90. The van der Waals surface area contributed by atoms with E-state index in [-0.39, 0.29) is 0 Å². The van der Waals surface area contributed by atoms with Crippen molar-refractivity contribution in [2.24, 2.45) is 5.92 Å². The second kappa shape index (κ2) is 15.3. The molecular formula is C31H35NO5. The van der Waals surface area contributed by atoms with E-state index >= 15 is 0 Å². The van der Waals surface area contributed by atoms with Gasteiger partial charge in [-0.3, -0.25) is 0 Å². The van der Waals surface area contributed by atoms with Gasteiger partial charge in [0, 0.05) is 24.6 Å². The van der Waals surface area contributed by atoms with Gasteiger partial charge in [0.25, 0.3) is 0 Å². The molecule has 0 aromatic heterocycles. The summed E-state index contributed by atoms with van der Waals surface area (Å²) in [5.41, 5.74) is 2.90. The monoisotopic (exact) mass is 501 g/mol. The minimum Gasteiger partial charge on any atom is -0.494 e. The second-order valence-corrected chi connectivity index (χ2v) is 9.00. The average Bonchev–Trinajstić information content (AvgIpc) is 2.93. The molecule has 0 amide bonds. The molecule has 4 rings (SSSR count). The van der Waals surface area contributed by atoms with Crippen LogP contribution in [0, 0.1) is 5.92 Å². The molecule has 1 fully saturated rings. The fourth-order valence-electron chi connectivity index (χ4n) is 4.70. The minimum atomic E-state index is -1.26. The Morgan fingerprint density at radius 1 is 0.784 bits per heavy atom. The van der Waals surface area contributed by atoms with E-state index in [4.69, 9.17) is 14.9 Å². The number of likely N-dealkylation sites (tertiary alicyclic amines) is 1. The zero-order valence-electron chi connectivity index (χ0n) is 21.0. The van der Waals surface area contributed by atoms with Gasteiger partial charge in [0.2, 0.25) is 0 Å². The largest absolute Gasteiger partial charge is 0.494 e. The Morgan fingerprint density at radius 2 is 1.24 bits per heavy atom. The molecule has 0 radical (unpaired) electrons. The molecule has 3 aromatic rings. The maximum Gasteiger partial charge on any atom is 0.328 e. The maximum atomic E-state index is 9.55. The van der Waals surface area contributed by atoms with Crippen molar-refractivity contribution in [3.63, 3.8) is 0 Å². The number of carboxylic acids is 2. The van der Waals surface area contributed by atoms with Crippen LogP contribution < -0.4 is 4.74 Å². The number of hydrogen-bond donors (Lipinski definition) is 2. The molecule has 0 spiro atoms. The van der Waals surface area contributed by atoms with Crippen molar-refractivity contribution in [3.05, 3.63) is 114 Å². The van der Waals surface area contributed by atoms with Crippen molar-refractivity contribution in [1.29, 1.82) is 0 Å². The highest BCUT2D eigenvalue weighted by Gasteiger charge is 2.28. The van der Waals surface area contributed by atoms with Gasteiger partial charge in [-0.25, -0.2) is 9.59 Å². The summed E-state index contributed by atoms with van der Waals surface area (Å²) < 4.78 is 5.85. The SMILES string of the molecule is O=C(O)/C=C/C(=O)O.c1ccc(OCCCN2CCC(C(c3ccccc3)c3ccccc3)CC2)cc1. The summed E-state index contributed by atoms with van der Waals surface area (Å²) in [6.45, 7) is 4.29. The van der Waals surface area contributed by atoms with Crippen molar-refractivity contribution in [2.45, 2.75) is 25.2 Å². The first-order chi connectivity index (χ1) is 18.0. The lowest BCUT2D eigenvalue weighted by molar-refractivity contribution is -0.134. The summed E-state index contributed by atoms with van der Waals surface area (Å²) in [4.78, 5) is 21.7. The highest BCUT2D eigenvalue weighted by molar-refractivity contribution is 5.89. The number of nitrogens with zero attached hydrogens (tertiary/aromatic N) is 1. The van der Waals surface area contributed by atoms with Crippen LogP contribution in [0.2, 0.25) is 0 Å². The van der Waals surface area contributed by atoms with Crippen LogP contribution in [0.4, 0.5) is 0 Å². The van der Waals surface area contributed by atoms with Gasteiger partial charge < -0.3 is 19.8 Å². The molecule has 0 atom stereocenters. The summed E-state index contributed by atoms with van der Waals surface area (Å²) in [6, 6.07) is 32.2. The number of carboxylic acid groups (broad SMARTS) is 2. The highest BCUT2D eigenvalue weighted by atomic mass is 16.5. The van der Waals surface area contributed by atoms with Crippen molar-refractivity contribution in [1.82, 2.24) is 4.90 Å². The van der Waals surface area contributed by atoms with Crippen LogP contribution >= 0.6 is 0 Å². The van der Waals surface area contributed by atoms with Gasteiger partial charge in [-0.15, -0.1) is 0 Å². The molecule has 1 heterocycles. The van der Waals surface area contributed by atoms with E-state index in [9.17, 15) is 9.59 Å². The lowest BCUT2D eigenvalue weighted by atomic mass is 9.76. The Bertz CT molecular complexity index is 1040. The maximum absolute atomic E-state index is 9.55. The molecule has 0 saturated carbocycles. The Labute approximate surface area is 218 Å². The van der Waals surface area contributed by atoms with Crippen LogP contribution in [0.5, 0.6) is 5.75 Å². The molecule has 6 heteroatoms. The number of hydrogen-bond acceptors (Lipinski definition) is 4. The normalized spacial score (nSPS) is 14.2. The number of carbonyl (C=O) groups is 2. The van der Waals surface area contributed by atoms with Crippen LogP contribution in [-0.2, 0) is 9.59 Å². The zero-order valence-corrected chi connectivity index (χ0v) is 21.0. The molecule has 0 bridgehead atoms. The van der Waals surface area contributed by atoms with E-state index < -0.39 is 11.9 Å². The third-order valence-electron chi connectivity index (χ3n) is 6.42. The average molecular weight is 502 g/mol. The summed E-state index contributed by atoms with van der Waals surface area (Å²) in [5.74, 6) is -0.336. The smallest absolute Gasteiger partial charge is 0.328 e. The van der Waals surface area contributed by atoms with E-state index in [1.54, 1.807) is 0 Å². The predicted octanol–water partition coefficient (Wildman–Crippen LogP) is 5.71. The van der Waals surface area contributed by atoms with Crippen LogP contribution in [-0.4, -0.2) is 53.3 Å². The molecular weight excluding hydrogens is 466 g/mol. The number of piperidine rings is 1. The summed E-state index contributed by atoms with van der Waals surface area (Å²) in [7, 11) is 0. The van der Waals surface area contributed by atoms with Gasteiger partial charge in [0.15, 0.2) is 0 Å². The van der Waals surface area contributed by atoms with Crippen LogP contribution in [0.25, 0.3) is 0 Å². The van der Waals surface area contributed by atoms with Gasteiger partial charge in [0.1, 0.15) is 5.75 Å². The molecule has 6 nitrogen and oxygen atoms in total. The lowest BCUT2D eigenvalue weighted by Gasteiger charge is -2.36. The predicted molar refractivity (Wildman–Crippen MR) is 145 cm³/mol. The van der Waals surface area contributed by atoms with Gasteiger partial charge in [-0.1, -0.05) is 78.9 Å². The topological polar surface area (TPSA) is 87.1 Å². The fourth-order valence-corrected chi connectivity index (χ4v) is 4.70. The molecule has 0 aliphatic carbocycles. The van der Waals surface area contributed by atoms with Gasteiger partial charge in [-0.2, -0.15) is 0 Å². The van der Waals surface area contributed by atoms with Gasteiger partial charge >= 0.3 is 11.9 Å². The first-order valence-electron chi connectivity index (χ1n) is 12.7. The van der Waals surface area contributed by atoms with Gasteiger partial charge in [0.05, 0.1) is 6.61 Å². The van der Waals surface area contributed by atoms with Crippen LogP contribution in [0.3, 0.4) is 0 Å². The summed E-state index contributed by atoms with van der Waals surface area (Å²) >= 11 is 0. The lowest BCUT2D eigenvalue weighted by Crippen LogP contribution is -2.36. The van der Waals surface area contributed by atoms with Crippen molar-refractivity contribution >= 4 is 11.9 Å². The molecule has 2 N–H and O–H groups in total. The summed E-state index contributed by atoms with van der Waals surface area (Å²) in [6.07, 6.45) is 4.72.